The standard InChI is InChI=1S/C16H18N4O6S2/c1-27(23,24)19-8-5-6-11-12(7-8)28(25,26)20-15(17-11)13-14(21)9-3-2-4-10(9)18-16(13)22/h5-7,9-10,19,21H,2-4H2,1H3,(H,17,20)(H,18,22)/t9-,10+/m1/s1. The molecule has 2 heterocycles. The van der Waals surface area contributed by atoms with Crippen molar-refractivity contribution in [1.82, 2.24) is 5.32 Å². The summed E-state index contributed by atoms with van der Waals surface area (Å²) in [6.07, 6.45) is 3.25. The van der Waals surface area contributed by atoms with Gasteiger partial charge in [-0.05, 0) is 31.0 Å². The van der Waals surface area contributed by atoms with Crippen LogP contribution in [0, 0.1) is 5.92 Å². The molecule has 1 fully saturated rings. The Morgan fingerprint density at radius 2 is 2.04 bits per heavy atom. The minimum Gasteiger partial charge on any atom is -0.511 e. The van der Waals surface area contributed by atoms with E-state index in [0.717, 1.165) is 25.2 Å². The highest BCUT2D eigenvalue weighted by atomic mass is 32.2. The zero-order chi connectivity index (χ0) is 20.3. The van der Waals surface area contributed by atoms with E-state index in [-0.39, 0.29) is 45.4 Å². The second-order valence-electron chi connectivity index (χ2n) is 7.00. The second kappa shape index (κ2) is 6.21. The number of carbonyl (C=O) groups is 1. The number of aliphatic hydroxyl groups excluding tert-OH is 1. The molecule has 0 radical (unpaired) electrons. The Morgan fingerprint density at radius 1 is 1.29 bits per heavy atom. The fourth-order valence-corrected chi connectivity index (χ4v) is 5.48. The van der Waals surface area contributed by atoms with E-state index in [4.69, 9.17) is 0 Å². The lowest BCUT2D eigenvalue weighted by Gasteiger charge is -2.29. The first-order valence-corrected chi connectivity index (χ1v) is 11.9. The van der Waals surface area contributed by atoms with Gasteiger partial charge >= 0.3 is 0 Å². The zero-order valence-corrected chi connectivity index (χ0v) is 16.4. The summed E-state index contributed by atoms with van der Waals surface area (Å²) < 4.78 is 53.9. The number of nitrogens with one attached hydrogen (secondary N) is 3. The van der Waals surface area contributed by atoms with Crippen molar-refractivity contribution in [2.75, 3.05) is 16.3 Å². The predicted molar refractivity (Wildman–Crippen MR) is 102 cm³/mol. The lowest BCUT2D eigenvalue weighted by molar-refractivity contribution is -0.118. The van der Waals surface area contributed by atoms with Crippen LogP contribution in [0.25, 0.3) is 0 Å². The average Bonchev–Trinajstić information content (AvgIpc) is 3.02. The number of hydrogen-bond acceptors (Lipinski definition) is 7. The van der Waals surface area contributed by atoms with Gasteiger partial charge in [0.1, 0.15) is 16.2 Å². The Labute approximate surface area is 161 Å². The van der Waals surface area contributed by atoms with Gasteiger partial charge in [0.2, 0.25) is 10.0 Å². The molecule has 1 amide bonds. The molecule has 10 nitrogen and oxygen atoms in total. The van der Waals surface area contributed by atoms with Crippen LogP contribution in [0.2, 0.25) is 0 Å². The lowest BCUT2D eigenvalue weighted by atomic mass is 9.92. The number of carbonyl (C=O) groups excluding carboxylic acids is 1. The van der Waals surface area contributed by atoms with Crippen molar-refractivity contribution in [3.63, 3.8) is 0 Å². The van der Waals surface area contributed by atoms with Gasteiger partial charge in [-0.25, -0.2) is 8.42 Å². The smallest absolute Gasteiger partial charge is 0.286 e. The zero-order valence-electron chi connectivity index (χ0n) is 14.8. The summed E-state index contributed by atoms with van der Waals surface area (Å²) in [7, 11) is -7.81. The van der Waals surface area contributed by atoms with Crippen LogP contribution in [0.5, 0.6) is 0 Å². The summed E-state index contributed by atoms with van der Waals surface area (Å²) in [4.78, 5) is 12.2. The fourth-order valence-electron chi connectivity index (χ4n) is 3.78. The summed E-state index contributed by atoms with van der Waals surface area (Å²) >= 11 is 0. The van der Waals surface area contributed by atoms with E-state index >= 15 is 0 Å². The van der Waals surface area contributed by atoms with Gasteiger partial charge in [-0.15, -0.1) is 4.40 Å². The van der Waals surface area contributed by atoms with Crippen molar-refractivity contribution in [1.29, 1.82) is 0 Å². The Kier molecular flexibility index (Phi) is 4.16. The minimum atomic E-state index is -4.22. The number of anilines is 2. The number of sulfonamides is 2. The molecule has 1 aromatic carbocycles. The van der Waals surface area contributed by atoms with Crippen molar-refractivity contribution in [2.45, 2.75) is 30.2 Å². The highest BCUT2D eigenvalue weighted by Crippen LogP contribution is 2.37. The van der Waals surface area contributed by atoms with Crippen LogP contribution in [0.1, 0.15) is 19.3 Å². The molecule has 0 saturated heterocycles. The number of amidine groups is 1. The highest BCUT2D eigenvalue weighted by Gasteiger charge is 2.42. The minimum absolute atomic E-state index is 0.0662. The maximum Gasteiger partial charge on any atom is 0.286 e. The lowest BCUT2D eigenvalue weighted by Crippen LogP contribution is -2.47. The number of aliphatic hydroxyl groups is 1. The normalized spacial score (nSPS) is 25.9. The molecule has 1 saturated carbocycles. The quantitative estimate of drug-likeness (QED) is 0.554. The molecule has 0 bridgehead atoms. The summed E-state index contributed by atoms with van der Waals surface area (Å²) in [6.45, 7) is 0. The summed E-state index contributed by atoms with van der Waals surface area (Å²) in [6, 6.07) is 3.73. The van der Waals surface area contributed by atoms with Gasteiger partial charge in [-0.1, -0.05) is 6.42 Å². The second-order valence-corrected chi connectivity index (χ2v) is 10.3. The summed E-state index contributed by atoms with van der Waals surface area (Å²) in [5.74, 6) is -1.26. The molecule has 1 aromatic rings. The molecular weight excluding hydrogens is 408 g/mol. The maximum atomic E-state index is 12.6. The Bertz CT molecular complexity index is 1150. The number of rotatable bonds is 3. The van der Waals surface area contributed by atoms with Crippen LogP contribution in [0.3, 0.4) is 0 Å². The first kappa shape index (κ1) is 18.7. The molecular formula is C16H18N4O6S2. The largest absolute Gasteiger partial charge is 0.511 e. The third kappa shape index (κ3) is 3.22. The van der Waals surface area contributed by atoms with E-state index in [1.54, 1.807) is 0 Å². The van der Waals surface area contributed by atoms with E-state index in [0.29, 0.717) is 6.42 Å². The molecule has 12 heteroatoms. The predicted octanol–water partition coefficient (Wildman–Crippen LogP) is 0.681. The molecule has 0 unspecified atom stereocenters. The van der Waals surface area contributed by atoms with Crippen molar-refractivity contribution in [3.05, 3.63) is 29.5 Å². The fraction of sp³-hybridized carbons (Fsp3) is 0.375. The van der Waals surface area contributed by atoms with Crippen molar-refractivity contribution < 1.29 is 26.7 Å². The molecule has 3 aliphatic rings. The molecule has 150 valence electrons. The van der Waals surface area contributed by atoms with Crippen molar-refractivity contribution in [2.24, 2.45) is 10.3 Å². The monoisotopic (exact) mass is 426 g/mol. The van der Waals surface area contributed by atoms with Gasteiger partial charge < -0.3 is 15.7 Å². The molecule has 28 heavy (non-hydrogen) atoms. The maximum absolute atomic E-state index is 12.6. The van der Waals surface area contributed by atoms with Gasteiger partial charge in [-0.2, -0.15) is 8.42 Å². The summed E-state index contributed by atoms with van der Waals surface area (Å²) in [5.41, 5.74) is 0.0120. The van der Waals surface area contributed by atoms with Crippen LogP contribution in [0.4, 0.5) is 11.4 Å². The summed E-state index contributed by atoms with van der Waals surface area (Å²) in [5, 5.41) is 16.1. The van der Waals surface area contributed by atoms with Crippen LogP contribution in [-0.2, 0) is 24.8 Å². The Morgan fingerprint density at radius 3 is 2.75 bits per heavy atom. The van der Waals surface area contributed by atoms with E-state index < -0.39 is 26.0 Å². The van der Waals surface area contributed by atoms with Crippen LogP contribution < -0.4 is 15.4 Å². The molecule has 2 atom stereocenters. The molecule has 0 aromatic heterocycles. The van der Waals surface area contributed by atoms with Crippen molar-refractivity contribution >= 4 is 43.2 Å². The number of nitrogens with zero attached hydrogens (tertiary/aromatic N) is 1. The van der Waals surface area contributed by atoms with E-state index in [1.165, 1.54) is 12.1 Å². The average molecular weight is 426 g/mol. The third-order valence-corrected chi connectivity index (χ3v) is 6.85. The van der Waals surface area contributed by atoms with Crippen molar-refractivity contribution in [3.8, 4) is 0 Å². The van der Waals surface area contributed by atoms with Gasteiger partial charge in [-0.3, -0.25) is 9.52 Å². The molecule has 1 aliphatic carbocycles. The van der Waals surface area contributed by atoms with Crippen LogP contribution >= 0.6 is 0 Å². The Balaban J connectivity index is 1.76. The van der Waals surface area contributed by atoms with E-state index in [9.17, 15) is 26.7 Å². The van der Waals surface area contributed by atoms with Gasteiger partial charge in [0.25, 0.3) is 15.9 Å². The number of hydrogen-bond donors (Lipinski definition) is 4. The molecule has 2 aliphatic heterocycles. The topological polar surface area (TPSA) is 154 Å². The highest BCUT2D eigenvalue weighted by molar-refractivity contribution is 7.92. The SMILES string of the molecule is CS(=O)(=O)Nc1ccc2c(c1)S(=O)(=O)N=C(C1=C(O)[C@@H]3CCC[C@@H]3NC1=O)N2. The number of amides is 1. The molecule has 4 N–H and O–H groups in total. The van der Waals surface area contributed by atoms with E-state index in [2.05, 4.69) is 19.8 Å². The number of benzene rings is 1. The first-order valence-electron chi connectivity index (χ1n) is 8.53. The van der Waals surface area contributed by atoms with Crippen LogP contribution in [-0.4, -0.2) is 46.0 Å². The van der Waals surface area contributed by atoms with Gasteiger partial charge in [0.05, 0.1) is 11.9 Å². The molecule has 0 spiro atoms. The Hall–Kier alpha value is -2.60. The first-order chi connectivity index (χ1) is 13.0. The van der Waals surface area contributed by atoms with E-state index in [1.807, 2.05) is 0 Å². The van der Waals surface area contributed by atoms with Crippen LogP contribution in [0.15, 0.2) is 38.8 Å². The van der Waals surface area contributed by atoms with Gasteiger partial charge in [0.15, 0.2) is 5.84 Å². The van der Waals surface area contributed by atoms with Gasteiger partial charge in [0, 0.05) is 17.6 Å². The third-order valence-electron chi connectivity index (χ3n) is 4.93. The number of fused-ring (bicyclic) bond motifs is 2. The molecule has 4 rings (SSSR count).